The highest BCUT2D eigenvalue weighted by Gasteiger charge is 2.54. The molecule has 1 saturated heterocycles. The summed E-state index contributed by atoms with van der Waals surface area (Å²) in [6.07, 6.45) is 3.44. The van der Waals surface area contributed by atoms with Crippen LogP contribution >= 0.6 is 0 Å². The summed E-state index contributed by atoms with van der Waals surface area (Å²) >= 11 is 0. The molecule has 0 radical (unpaired) electrons. The number of aryl methyl sites for hydroxylation is 1. The van der Waals surface area contributed by atoms with Crippen LogP contribution in [0.3, 0.4) is 0 Å². The maximum Gasteiger partial charge on any atom is 0.397 e. The zero-order chi connectivity index (χ0) is 22.1. The maximum atomic E-state index is 13.3. The second-order valence-electron chi connectivity index (χ2n) is 8.63. The van der Waals surface area contributed by atoms with Crippen molar-refractivity contribution in [2.75, 3.05) is 45.3 Å². The smallest absolute Gasteiger partial charge is 0.383 e. The average molecular weight is 427 g/mol. The van der Waals surface area contributed by atoms with Crippen molar-refractivity contribution >= 4 is 29.4 Å². The van der Waals surface area contributed by atoms with Gasteiger partial charge >= 0.3 is 12.0 Å². The Labute approximate surface area is 183 Å². The number of aliphatic imine (C=N–C) groups is 1. The molecular weight excluding hydrogens is 394 g/mol. The molecule has 166 valence electrons. The number of hydrogen-bond acceptors (Lipinski definition) is 5. The number of amides is 3. The van der Waals surface area contributed by atoms with Gasteiger partial charge in [0.2, 0.25) is 11.9 Å². The summed E-state index contributed by atoms with van der Waals surface area (Å²) in [4.78, 5) is 35.8. The number of nitrogens with zero attached hydrogens (tertiary/aromatic N) is 5. The number of carbonyl (C=O) groups excluding carboxylic acids is 2. The number of anilines is 1. The molecule has 3 aliphatic rings. The fourth-order valence-corrected chi connectivity index (χ4v) is 4.53. The molecule has 2 atom stereocenters. The minimum Gasteiger partial charge on any atom is -0.383 e. The number of benzene rings is 1. The number of fused-ring (bicyclic) bond motifs is 2. The van der Waals surface area contributed by atoms with Gasteiger partial charge in [0.15, 0.2) is 0 Å². The lowest BCUT2D eigenvalue weighted by Gasteiger charge is -2.35. The Morgan fingerprint density at radius 3 is 2.65 bits per heavy atom. The summed E-state index contributed by atoms with van der Waals surface area (Å²) < 4.78 is 7.15. The molecule has 0 saturated carbocycles. The minimum absolute atomic E-state index is 0.224. The second kappa shape index (κ2) is 8.78. The zero-order valence-electron chi connectivity index (χ0n) is 18.9. The van der Waals surface area contributed by atoms with Crippen molar-refractivity contribution in [3.8, 4) is 0 Å². The fourth-order valence-electron chi connectivity index (χ4n) is 4.53. The summed E-state index contributed by atoms with van der Waals surface area (Å²) in [5.41, 5.74) is 2.39. The van der Waals surface area contributed by atoms with E-state index < -0.39 is 6.04 Å². The quantitative estimate of drug-likeness (QED) is 0.627. The lowest BCUT2D eigenvalue weighted by atomic mass is 10.1. The maximum absolute atomic E-state index is 13.3. The van der Waals surface area contributed by atoms with Gasteiger partial charge in [-0.25, -0.2) is 14.3 Å². The summed E-state index contributed by atoms with van der Waals surface area (Å²) in [5, 5.41) is 0. The van der Waals surface area contributed by atoms with E-state index in [1.165, 1.54) is 28.2 Å². The van der Waals surface area contributed by atoms with Crippen LogP contribution < -0.4 is 4.90 Å². The number of hydrogen-bond donors (Lipinski definition) is 0. The number of urea groups is 1. The van der Waals surface area contributed by atoms with Gasteiger partial charge in [0.25, 0.3) is 5.91 Å². The molecule has 0 spiro atoms. The topological polar surface area (TPSA) is 68.5 Å². The van der Waals surface area contributed by atoms with Gasteiger partial charge in [0.1, 0.15) is 5.69 Å². The third kappa shape index (κ3) is 3.84. The van der Waals surface area contributed by atoms with Crippen molar-refractivity contribution in [2.45, 2.75) is 39.2 Å². The number of imide groups is 1. The first kappa shape index (κ1) is 21.5. The SMILES string of the molecule is CCCCc1ccc(N2CC(C)C[N+]3=C2N=C2C3C(=O)N(CCOC)C(=O)N2C)cc1. The van der Waals surface area contributed by atoms with E-state index in [0.717, 1.165) is 31.2 Å². The molecule has 0 bridgehead atoms. The predicted octanol–water partition coefficient (Wildman–Crippen LogP) is 2.17. The molecule has 8 nitrogen and oxygen atoms in total. The highest BCUT2D eigenvalue weighted by molar-refractivity contribution is 6.24. The molecule has 4 rings (SSSR count). The largest absolute Gasteiger partial charge is 0.397 e. The summed E-state index contributed by atoms with van der Waals surface area (Å²) in [6.45, 7) is 6.49. The molecule has 0 aliphatic carbocycles. The monoisotopic (exact) mass is 426 g/mol. The summed E-state index contributed by atoms with van der Waals surface area (Å²) in [6, 6.07) is 7.71. The van der Waals surface area contributed by atoms with E-state index >= 15 is 0 Å². The molecule has 0 aromatic heterocycles. The normalized spacial score (nSPS) is 23.4. The van der Waals surface area contributed by atoms with E-state index in [2.05, 4.69) is 47.6 Å². The van der Waals surface area contributed by atoms with Crippen LogP contribution in [0.15, 0.2) is 29.3 Å². The van der Waals surface area contributed by atoms with Crippen molar-refractivity contribution in [1.29, 1.82) is 0 Å². The summed E-state index contributed by atoms with van der Waals surface area (Å²) in [5.74, 6) is 1.39. The van der Waals surface area contributed by atoms with Crippen LogP contribution in [0.5, 0.6) is 0 Å². The van der Waals surface area contributed by atoms with Gasteiger partial charge in [-0.05, 0) is 30.5 Å². The number of guanidine groups is 1. The third-order valence-corrected chi connectivity index (χ3v) is 6.22. The number of amidine groups is 1. The van der Waals surface area contributed by atoms with Crippen molar-refractivity contribution in [3.05, 3.63) is 29.8 Å². The standard InChI is InChI=1S/C23H32N5O3/c1-5-6-7-17-8-10-18(11-9-17)27-14-16(2)15-28-19-20(24-22(27)28)25(3)23(30)26(21(19)29)12-13-31-4/h8-11,16,19H,5-7,12-15H2,1-4H3/q+1. The van der Waals surface area contributed by atoms with E-state index in [-0.39, 0.29) is 18.5 Å². The van der Waals surface area contributed by atoms with E-state index in [0.29, 0.717) is 18.4 Å². The molecule has 8 heteroatoms. The first-order valence-corrected chi connectivity index (χ1v) is 11.1. The Bertz CT molecular complexity index is 924. The second-order valence-corrected chi connectivity index (χ2v) is 8.63. The van der Waals surface area contributed by atoms with Crippen molar-refractivity contribution in [1.82, 2.24) is 9.80 Å². The van der Waals surface area contributed by atoms with Gasteiger partial charge in [-0.1, -0.05) is 37.4 Å². The van der Waals surface area contributed by atoms with Crippen molar-refractivity contribution < 1.29 is 18.9 Å². The van der Waals surface area contributed by atoms with E-state index in [4.69, 9.17) is 9.73 Å². The molecule has 0 N–H and O–H groups in total. The predicted molar refractivity (Wildman–Crippen MR) is 120 cm³/mol. The third-order valence-electron chi connectivity index (χ3n) is 6.22. The van der Waals surface area contributed by atoms with Gasteiger partial charge in [-0.3, -0.25) is 14.6 Å². The molecule has 1 aromatic rings. The number of rotatable bonds is 7. The van der Waals surface area contributed by atoms with Crippen molar-refractivity contribution in [2.24, 2.45) is 10.9 Å². The van der Waals surface area contributed by atoms with Gasteiger partial charge in [-0.15, -0.1) is 0 Å². The molecular formula is C23H32N5O3+. The Morgan fingerprint density at radius 2 is 1.97 bits per heavy atom. The van der Waals surface area contributed by atoms with E-state index in [9.17, 15) is 9.59 Å². The van der Waals surface area contributed by atoms with Crippen molar-refractivity contribution in [3.63, 3.8) is 0 Å². The molecule has 1 aromatic carbocycles. The van der Waals surface area contributed by atoms with Crippen LogP contribution in [0.25, 0.3) is 0 Å². The average Bonchev–Trinajstić information content (AvgIpc) is 3.15. The first-order chi connectivity index (χ1) is 15.0. The first-order valence-electron chi connectivity index (χ1n) is 11.1. The van der Waals surface area contributed by atoms with Gasteiger partial charge < -0.3 is 4.74 Å². The Morgan fingerprint density at radius 1 is 1.23 bits per heavy atom. The number of unbranched alkanes of at least 4 members (excludes halogenated alkanes) is 1. The molecule has 1 fully saturated rings. The number of likely N-dealkylation sites (N-methyl/N-ethyl adjacent to an activating group) is 1. The lowest BCUT2D eigenvalue weighted by molar-refractivity contribution is -0.545. The Balaban J connectivity index is 1.67. The molecule has 31 heavy (non-hydrogen) atoms. The number of ether oxygens (including phenoxy) is 1. The minimum atomic E-state index is -0.566. The van der Waals surface area contributed by atoms with Crippen LogP contribution in [-0.4, -0.2) is 84.5 Å². The lowest BCUT2D eigenvalue weighted by Crippen LogP contribution is -2.64. The van der Waals surface area contributed by atoms with E-state index in [1.54, 1.807) is 14.2 Å². The number of carbonyl (C=O) groups is 2. The fraction of sp³-hybridized carbons (Fsp3) is 0.565. The Kier molecular flexibility index (Phi) is 6.09. The zero-order valence-corrected chi connectivity index (χ0v) is 18.9. The van der Waals surface area contributed by atoms with Crippen LogP contribution in [-0.2, 0) is 16.0 Å². The van der Waals surface area contributed by atoms with Crippen LogP contribution in [0.2, 0.25) is 0 Å². The summed E-state index contributed by atoms with van der Waals surface area (Å²) in [7, 11) is 3.25. The molecule has 3 aliphatic heterocycles. The van der Waals surface area contributed by atoms with E-state index in [1.807, 2.05) is 0 Å². The van der Waals surface area contributed by atoms with Gasteiger partial charge in [-0.2, -0.15) is 0 Å². The van der Waals surface area contributed by atoms with Crippen LogP contribution in [0.1, 0.15) is 32.3 Å². The van der Waals surface area contributed by atoms with Gasteiger partial charge in [0, 0.05) is 20.1 Å². The highest BCUT2D eigenvalue weighted by atomic mass is 16.5. The highest BCUT2D eigenvalue weighted by Crippen LogP contribution is 2.28. The number of methoxy groups -OCH3 is 1. The molecule has 3 amide bonds. The Hall–Kier alpha value is -2.74. The molecule has 3 heterocycles. The van der Waals surface area contributed by atoms with Gasteiger partial charge in [0.05, 0.1) is 26.2 Å². The molecule has 2 unspecified atom stereocenters. The van der Waals surface area contributed by atoms with Crippen LogP contribution in [0.4, 0.5) is 10.5 Å². The van der Waals surface area contributed by atoms with Crippen LogP contribution in [0, 0.1) is 5.92 Å².